The molecule has 0 fully saturated rings. The smallest absolute Gasteiger partial charge is 0.417 e. The minimum atomic E-state index is -4.76. The predicted octanol–water partition coefficient (Wildman–Crippen LogP) is 3.94. The largest absolute Gasteiger partial charge is 0.466 e. The van der Waals surface area contributed by atoms with Crippen LogP contribution in [0.15, 0.2) is 40.7 Å². The van der Waals surface area contributed by atoms with E-state index in [1.54, 1.807) is 6.92 Å². The van der Waals surface area contributed by atoms with Gasteiger partial charge in [0, 0.05) is 12.2 Å². The zero-order valence-electron chi connectivity index (χ0n) is 21.2. The molecule has 8 nitrogen and oxygen atoms in total. The second-order valence-electron chi connectivity index (χ2n) is 8.63. The first-order valence-electron chi connectivity index (χ1n) is 11.6. The Balaban J connectivity index is 2.66. The summed E-state index contributed by atoms with van der Waals surface area (Å²) in [5.41, 5.74) is 4.50. The number of hydrogen-bond donors (Lipinski definition) is 2. The van der Waals surface area contributed by atoms with Gasteiger partial charge in [-0.05, 0) is 24.5 Å². The van der Waals surface area contributed by atoms with Crippen molar-refractivity contribution >= 4 is 23.5 Å². The number of ether oxygens (including phenoxy) is 4. The van der Waals surface area contributed by atoms with Gasteiger partial charge in [0.15, 0.2) is 0 Å². The predicted molar refractivity (Wildman–Crippen MR) is 131 cm³/mol. The number of carbonyl (C=O) groups is 2. The summed E-state index contributed by atoms with van der Waals surface area (Å²) in [6, 6.07) is 3.32. The minimum Gasteiger partial charge on any atom is -0.466 e. The lowest BCUT2D eigenvalue weighted by Gasteiger charge is -2.32. The molecule has 37 heavy (non-hydrogen) atoms. The third-order valence-electron chi connectivity index (χ3n) is 5.34. The molecule has 0 saturated carbocycles. The normalized spacial score (nSPS) is 16.2. The van der Waals surface area contributed by atoms with Crippen LogP contribution < -0.4 is 11.1 Å². The van der Waals surface area contributed by atoms with E-state index in [1.807, 2.05) is 13.8 Å². The first-order valence-corrected chi connectivity index (χ1v) is 12.0. The number of nitrogens with one attached hydrogen (secondary N) is 1. The summed E-state index contributed by atoms with van der Waals surface area (Å²) in [6.07, 6.45) is -4.76. The average molecular weight is 549 g/mol. The number of dihydropyridines is 1. The monoisotopic (exact) mass is 548 g/mol. The zero-order chi connectivity index (χ0) is 27.8. The molecule has 0 unspecified atom stereocenters. The maximum atomic E-state index is 13.7. The molecule has 1 aliphatic heterocycles. The first kappa shape index (κ1) is 30.6. The second kappa shape index (κ2) is 13.8. The molecule has 0 aromatic heterocycles. The molecule has 0 spiro atoms. The molecule has 12 heteroatoms. The topological polar surface area (TPSA) is 109 Å². The van der Waals surface area contributed by atoms with Crippen LogP contribution in [-0.4, -0.2) is 58.6 Å². The Kier molecular flexibility index (Phi) is 11.4. The van der Waals surface area contributed by atoms with Crippen molar-refractivity contribution in [3.05, 3.63) is 56.9 Å². The number of rotatable bonds is 12. The SMILES string of the molecule is COC(=O)C1=C(C)NC(COCCOCCN)=C(C(=O)OCC(C)C)[C@@H]1c1cccc(C(F)(F)F)c1Cl. The minimum absolute atomic E-state index is 0.0200. The Morgan fingerprint density at radius 3 is 2.38 bits per heavy atom. The highest BCUT2D eigenvalue weighted by Gasteiger charge is 2.42. The van der Waals surface area contributed by atoms with Crippen molar-refractivity contribution in [3.63, 3.8) is 0 Å². The van der Waals surface area contributed by atoms with E-state index in [4.69, 9.17) is 36.3 Å². The Labute approximate surface area is 218 Å². The molecule has 2 rings (SSSR count). The van der Waals surface area contributed by atoms with E-state index in [-0.39, 0.29) is 60.4 Å². The highest BCUT2D eigenvalue weighted by atomic mass is 35.5. The van der Waals surface area contributed by atoms with Crippen molar-refractivity contribution in [2.45, 2.75) is 32.9 Å². The lowest BCUT2D eigenvalue weighted by Crippen LogP contribution is -2.35. The fraction of sp³-hybridized carbons (Fsp3) is 0.520. The highest BCUT2D eigenvalue weighted by molar-refractivity contribution is 6.32. The van der Waals surface area contributed by atoms with E-state index < -0.39 is 34.6 Å². The summed E-state index contributed by atoms with van der Waals surface area (Å²) in [5.74, 6) is -3.00. The standard InChI is InChI=1S/C25H32ClF3N2O6/c1-14(2)12-37-24(33)21-18(13-36-11-10-35-9-8-30)31-15(3)19(23(32)34-4)20(21)16-6-5-7-17(22(16)26)25(27,28)29/h5-7,14,20,31H,8-13,30H2,1-4H3/t20-/m1/s1. The number of esters is 2. The molecule has 1 aromatic carbocycles. The second-order valence-corrected chi connectivity index (χ2v) is 9.01. The van der Waals surface area contributed by atoms with Crippen LogP contribution in [0.5, 0.6) is 0 Å². The van der Waals surface area contributed by atoms with Crippen LogP contribution in [0, 0.1) is 5.92 Å². The molecule has 1 aliphatic rings. The van der Waals surface area contributed by atoms with Gasteiger partial charge in [-0.25, -0.2) is 9.59 Å². The number of nitrogens with two attached hydrogens (primary N) is 1. The molecule has 0 saturated heterocycles. The maximum absolute atomic E-state index is 13.7. The van der Waals surface area contributed by atoms with Crippen LogP contribution in [0.4, 0.5) is 13.2 Å². The third-order valence-corrected chi connectivity index (χ3v) is 5.77. The van der Waals surface area contributed by atoms with E-state index in [0.717, 1.165) is 13.2 Å². The summed E-state index contributed by atoms with van der Waals surface area (Å²) < 4.78 is 62.3. The van der Waals surface area contributed by atoms with E-state index in [1.165, 1.54) is 12.1 Å². The molecule has 0 bridgehead atoms. The van der Waals surface area contributed by atoms with Gasteiger partial charge >= 0.3 is 18.1 Å². The van der Waals surface area contributed by atoms with Crippen molar-refractivity contribution < 1.29 is 41.7 Å². The third kappa shape index (κ3) is 7.94. The Bertz CT molecular complexity index is 1040. The van der Waals surface area contributed by atoms with Gasteiger partial charge in [-0.1, -0.05) is 37.6 Å². The number of hydrogen-bond acceptors (Lipinski definition) is 8. The van der Waals surface area contributed by atoms with Crippen LogP contribution in [0.25, 0.3) is 0 Å². The van der Waals surface area contributed by atoms with Crippen molar-refractivity contribution in [1.29, 1.82) is 0 Å². The van der Waals surface area contributed by atoms with Crippen molar-refractivity contribution in [3.8, 4) is 0 Å². The van der Waals surface area contributed by atoms with Gasteiger partial charge < -0.3 is 30.0 Å². The molecule has 0 radical (unpaired) electrons. The number of carbonyl (C=O) groups excluding carboxylic acids is 2. The number of methoxy groups -OCH3 is 1. The van der Waals surface area contributed by atoms with Crippen molar-refractivity contribution in [2.24, 2.45) is 11.7 Å². The molecule has 206 valence electrons. The van der Waals surface area contributed by atoms with Gasteiger partial charge in [0.25, 0.3) is 0 Å². The van der Waals surface area contributed by atoms with Gasteiger partial charge in [0.05, 0.1) is 73.5 Å². The molecule has 0 amide bonds. The molecule has 3 N–H and O–H groups in total. The van der Waals surface area contributed by atoms with Gasteiger partial charge in [0.2, 0.25) is 0 Å². The van der Waals surface area contributed by atoms with E-state index in [0.29, 0.717) is 13.2 Å². The molecule has 1 aromatic rings. The molecular formula is C25H32ClF3N2O6. The van der Waals surface area contributed by atoms with Gasteiger partial charge in [0.1, 0.15) is 0 Å². The number of allylic oxidation sites excluding steroid dienone is 1. The highest BCUT2D eigenvalue weighted by Crippen LogP contribution is 2.45. The first-order chi connectivity index (χ1) is 17.4. The fourth-order valence-electron chi connectivity index (χ4n) is 3.73. The summed E-state index contributed by atoms with van der Waals surface area (Å²) in [5, 5.41) is 2.33. The summed E-state index contributed by atoms with van der Waals surface area (Å²) >= 11 is 6.26. The Morgan fingerprint density at radius 1 is 1.11 bits per heavy atom. The quantitative estimate of drug-likeness (QED) is 0.299. The van der Waals surface area contributed by atoms with E-state index in [2.05, 4.69) is 5.32 Å². The molecule has 0 aliphatic carbocycles. The van der Waals surface area contributed by atoms with Crippen LogP contribution >= 0.6 is 11.6 Å². The summed E-state index contributed by atoms with van der Waals surface area (Å²) in [6.45, 7) is 6.19. The molecule has 1 atom stereocenters. The zero-order valence-corrected chi connectivity index (χ0v) is 21.9. The van der Waals surface area contributed by atoms with E-state index >= 15 is 0 Å². The van der Waals surface area contributed by atoms with Crippen LogP contribution in [-0.2, 0) is 34.7 Å². The Morgan fingerprint density at radius 2 is 1.78 bits per heavy atom. The fourth-order valence-corrected chi connectivity index (χ4v) is 4.07. The summed E-state index contributed by atoms with van der Waals surface area (Å²) in [4.78, 5) is 26.2. The van der Waals surface area contributed by atoms with Crippen molar-refractivity contribution in [2.75, 3.05) is 46.7 Å². The summed E-state index contributed by atoms with van der Waals surface area (Å²) in [7, 11) is 1.13. The lowest BCUT2D eigenvalue weighted by atomic mass is 9.79. The van der Waals surface area contributed by atoms with Gasteiger partial charge in [-0.15, -0.1) is 0 Å². The average Bonchev–Trinajstić information content (AvgIpc) is 2.83. The van der Waals surface area contributed by atoms with Crippen LogP contribution in [0.3, 0.4) is 0 Å². The number of benzene rings is 1. The maximum Gasteiger partial charge on any atom is 0.417 e. The van der Waals surface area contributed by atoms with E-state index in [9.17, 15) is 22.8 Å². The van der Waals surface area contributed by atoms with Gasteiger partial charge in [-0.2, -0.15) is 13.2 Å². The number of alkyl halides is 3. The number of halogens is 4. The van der Waals surface area contributed by atoms with Gasteiger partial charge in [-0.3, -0.25) is 0 Å². The van der Waals surface area contributed by atoms with Crippen LogP contribution in [0.2, 0.25) is 5.02 Å². The van der Waals surface area contributed by atoms with Crippen LogP contribution in [0.1, 0.15) is 37.8 Å². The van der Waals surface area contributed by atoms with Crippen molar-refractivity contribution in [1.82, 2.24) is 5.32 Å². The molecule has 1 heterocycles. The lowest BCUT2D eigenvalue weighted by molar-refractivity contribution is -0.140. The molecular weight excluding hydrogens is 517 g/mol. The Hall–Kier alpha value is -2.60.